The number of amides is 2. The summed E-state index contributed by atoms with van der Waals surface area (Å²) in [4.78, 5) is 24.1. The van der Waals surface area contributed by atoms with Gasteiger partial charge in [0.1, 0.15) is 11.5 Å². The summed E-state index contributed by atoms with van der Waals surface area (Å²) >= 11 is 3.39. The fraction of sp³-hybridized carbons (Fsp3) is 0.286. The zero-order valence-corrected chi connectivity index (χ0v) is 18.0. The SMILES string of the molecule is CCCOc1ccc(C(=O)NCC(=O)N/N=C\c2cc(Br)ccc2OCC)cc1. The van der Waals surface area contributed by atoms with Crippen molar-refractivity contribution in [3.63, 3.8) is 0 Å². The van der Waals surface area contributed by atoms with E-state index in [4.69, 9.17) is 9.47 Å². The average molecular weight is 462 g/mol. The maximum atomic E-state index is 12.1. The minimum Gasteiger partial charge on any atom is -0.494 e. The molecule has 2 amide bonds. The van der Waals surface area contributed by atoms with E-state index in [1.165, 1.54) is 6.21 Å². The zero-order chi connectivity index (χ0) is 21.1. The van der Waals surface area contributed by atoms with Gasteiger partial charge in [0.25, 0.3) is 11.8 Å². The number of hydrogen-bond acceptors (Lipinski definition) is 5. The van der Waals surface area contributed by atoms with Gasteiger partial charge in [0.05, 0.1) is 26.0 Å². The minimum absolute atomic E-state index is 0.193. The molecule has 2 aromatic rings. The van der Waals surface area contributed by atoms with Gasteiger partial charge >= 0.3 is 0 Å². The number of ether oxygens (including phenoxy) is 2. The Balaban J connectivity index is 1.83. The quantitative estimate of drug-likeness (QED) is 0.418. The Morgan fingerprint density at radius 1 is 1.10 bits per heavy atom. The summed E-state index contributed by atoms with van der Waals surface area (Å²) in [6.45, 7) is 4.86. The monoisotopic (exact) mass is 461 g/mol. The predicted molar refractivity (Wildman–Crippen MR) is 116 cm³/mol. The minimum atomic E-state index is -0.439. The lowest BCUT2D eigenvalue weighted by Gasteiger charge is -2.08. The molecule has 0 fully saturated rings. The number of nitrogens with one attached hydrogen (secondary N) is 2. The van der Waals surface area contributed by atoms with E-state index in [-0.39, 0.29) is 12.5 Å². The van der Waals surface area contributed by atoms with Crippen LogP contribution in [0.3, 0.4) is 0 Å². The van der Waals surface area contributed by atoms with Crippen molar-refractivity contribution < 1.29 is 19.1 Å². The lowest BCUT2D eigenvalue weighted by atomic mass is 10.2. The lowest BCUT2D eigenvalue weighted by Crippen LogP contribution is -2.34. The molecule has 0 heterocycles. The molecule has 0 saturated carbocycles. The molecule has 2 N–H and O–H groups in total. The van der Waals surface area contributed by atoms with E-state index < -0.39 is 5.91 Å². The van der Waals surface area contributed by atoms with E-state index in [9.17, 15) is 9.59 Å². The third kappa shape index (κ3) is 7.57. The molecule has 0 aromatic heterocycles. The largest absolute Gasteiger partial charge is 0.494 e. The van der Waals surface area contributed by atoms with Crippen molar-refractivity contribution >= 4 is 34.0 Å². The highest BCUT2D eigenvalue weighted by atomic mass is 79.9. The van der Waals surface area contributed by atoms with E-state index in [1.807, 2.05) is 32.0 Å². The first-order valence-electron chi connectivity index (χ1n) is 9.28. The van der Waals surface area contributed by atoms with Gasteiger partial charge in [-0.2, -0.15) is 5.10 Å². The van der Waals surface area contributed by atoms with Gasteiger partial charge < -0.3 is 14.8 Å². The molecule has 0 radical (unpaired) electrons. The molecule has 8 heteroatoms. The van der Waals surface area contributed by atoms with Gasteiger partial charge in [0.2, 0.25) is 0 Å². The molecule has 2 aromatic carbocycles. The highest BCUT2D eigenvalue weighted by Gasteiger charge is 2.08. The van der Waals surface area contributed by atoms with Gasteiger partial charge in [0.15, 0.2) is 0 Å². The average Bonchev–Trinajstić information content (AvgIpc) is 2.73. The second-order valence-electron chi connectivity index (χ2n) is 5.96. The molecule has 0 aliphatic heterocycles. The number of hydrazone groups is 1. The van der Waals surface area contributed by atoms with Crippen molar-refractivity contribution in [2.75, 3.05) is 19.8 Å². The van der Waals surface area contributed by atoms with Crippen LogP contribution in [0.15, 0.2) is 52.0 Å². The van der Waals surface area contributed by atoms with Crippen LogP contribution in [0.5, 0.6) is 11.5 Å². The van der Waals surface area contributed by atoms with E-state index in [1.54, 1.807) is 24.3 Å². The highest BCUT2D eigenvalue weighted by molar-refractivity contribution is 9.10. The second-order valence-corrected chi connectivity index (χ2v) is 6.88. The molecule has 0 bridgehead atoms. The number of rotatable bonds is 10. The number of carbonyl (C=O) groups is 2. The molecule has 0 unspecified atom stereocenters. The van der Waals surface area contributed by atoms with Crippen molar-refractivity contribution in [3.8, 4) is 11.5 Å². The fourth-order valence-corrected chi connectivity index (χ4v) is 2.68. The summed E-state index contributed by atoms with van der Waals surface area (Å²) in [5.41, 5.74) is 3.55. The smallest absolute Gasteiger partial charge is 0.259 e. The van der Waals surface area contributed by atoms with Crippen LogP contribution >= 0.6 is 15.9 Å². The van der Waals surface area contributed by atoms with Crippen LogP contribution < -0.4 is 20.2 Å². The van der Waals surface area contributed by atoms with Gasteiger partial charge in [0, 0.05) is 15.6 Å². The third-order valence-electron chi connectivity index (χ3n) is 3.66. The fourth-order valence-electron chi connectivity index (χ4n) is 2.31. The first-order chi connectivity index (χ1) is 14.0. The van der Waals surface area contributed by atoms with Crippen LogP contribution in [-0.4, -0.2) is 37.8 Å². The number of hydrogen-bond donors (Lipinski definition) is 2. The highest BCUT2D eigenvalue weighted by Crippen LogP contribution is 2.21. The normalized spacial score (nSPS) is 10.6. The van der Waals surface area contributed by atoms with Gasteiger partial charge in [-0.1, -0.05) is 22.9 Å². The summed E-state index contributed by atoms with van der Waals surface area (Å²) in [5.74, 6) is 0.574. The Hall–Kier alpha value is -2.87. The summed E-state index contributed by atoms with van der Waals surface area (Å²) in [5, 5.41) is 6.48. The van der Waals surface area contributed by atoms with Crippen molar-refractivity contribution in [1.29, 1.82) is 0 Å². The van der Waals surface area contributed by atoms with Gasteiger partial charge in [-0.15, -0.1) is 0 Å². The van der Waals surface area contributed by atoms with Crippen molar-refractivity contribution in [2.24, 2.45) is 5.10 Å². The topological polar surface area (TPSA) is 89.0 Å². The molecule has 0 atom stereocenters. The Morgan fingerprint density at radius 2 is 1.86 bits per heavy atom. The van der Waals surface area contributed by atoms with Crippen LogP contribution in [0, 0.1) is 0 Å². The van der Waals surface area contributed by atoms with Crippen LogP contribution in [-0.2, 0) is 4.79 Å². The predicted octanol–water partition coefficient (Wildman–Crippen LogP) is 3.52. The molecule has 29 heavy (non-hydrogen) atoms. The molecule has 154 valence electrons. The van der Waals surface area contributed by atoms with Crippen molar-refractivity contribution in [3.05, 3.63) is 58.1 Å². The lowest BCUT2D eigenvalue weighted by molar-refractivity contribution is -0.120. The summed E-state index contributed by atoms with van der Waals surface area (Å²) in [6.07, 6.45) is 2.40. The number of nitrogens with zero attached hydrogens (tertiary/aromatic N) is 1. The Bertz CT molecular complexity index is 854. The molecule has 0 saturated heterocycles. The second kappa shape index (κ2) is 11.9. The molecule has 2 rings (SSSR count). The molecule has 0 spiro atoms. The van der Waals surface area contributed by atoms with Crippen LogP contribution in [0.1, 0.15) is 36.2 Å². The molecular weight excluding hydrogens is 438 g/mol. The van der Waals surface area contributed by atoms with E-state index in [2.05, 4.69) is 31.8 Å². The van der Waals surface area contributed by atoms with Crippen LogP contribution in [0.4, 0.5) is 0 Å². The number of carbonyl (C=O) groups excluding carboxylic acids is 2. The zero-order valence-electron chi connectivity index (χ0n) is 16.4. The Labute approximate surface area is 178 Å². The van der Waals surface area contributed by atoms with Crippen molar-refractivity contribution in [2.45, 2.75) is 20.3 Å². The van der Waals surface area contributed by atoms with Gasteiger partial charge in [-0.25, -0.2) is 5.43 Å². The Kier molecular flexibility index (Phi) is 9.17. The van der Waals surface area contributed by atoms with E-state index >= 15 is 0 Å². The maximum absolute atomic E-state index is 12.1. The summed E-state index contributed by atoms with van der Waals surface area (Å²) in [7, 11) is 0. The molecule has 0 aliphatic rings. The van der Waals surface area contributed by atoms with E-state index in [0.29, 0.717) is 30.3 Å². The van der Waals surface area contributed by atoms with Crippen LogP contribution in [0.25, 0.3) is 0 Å². The summed E-state index contributed by atoms with van der Waals surface area (Å²) in [6, 6.07) is 12.3. The first-order valence-corrected chi connectivity index (χ1v) is 10.1. The van der Waals surface area contributed by atoms with E-state index in [0.717, 1.165) is 16.5 Å². The summed E-state index contributed by atoms with van der Waals surface area (Å²) < 4.78 is 11.9. The molecule has 0 aliphatic carbocycles. The standard InChI is InChI=1S/C21H24BrN3O4/c1-3-11-29-18-8-5-15(6-9-18)21(27)23-14-20(26)25-24-13-16-12-17(22)7-10-19(16)28-4-2/h5-10,12-13H,3-4,11,14H2,1-2H3,(H,23,27)(H,25,26)/b24-13-. The van der Waals surface area contributed by atoms with Crippen LogP contribution in [0.2, 0.25) is 0 Å². The van der Waals surface area contributed by atoms with Gasteiger partial charge in [-0.05, 0) is 55.8 Å². The number of halogens is 1. The first kappa shape index (κ1) is 22.4. The van der Waals surface area contributed by atoms with Crippen molar-refractivity contribution in [1.82, 2.24) is 10.7 Å². The molecule has 7 nitrogen and oxygen atoms in total. The maximum Gasteiger partial charge on any atom is 0.259 e. The molecular formula is C21H24BrN3O4. The number of benzene rings is 2. The Morgan fingerprint density at radius 3 is 2.55 bits per heavy atom. The third-order valence-corrected chi connectivity index (χ3v) is 4.16. The van der Waals surface area contributed by atoms with Gasteiger partial charge in [-0.3, -0.25) is 9.59 Å².